The van der Waals surface area contributed by atoms with Gasteiger partial charge in [-0.2, -0.15) is 0 Å². The van der Waals surface area contributed by atoms with Crippen LogP contribution in [0.2, 0.25) is 0 Å². The van der Waals surface area contributed by atoms with Crippen molar-refractivity contribution in [2.45, 2.75) is 6.42 Å². The van der Waals surface area contributed by atoms with Gasteiger partial charge in [0, 0.05) is 12.6 Å². The Balaban J connectivity index is 1.52. The highest BCUT2D eigenvalue weighted by molar-refractivity contribution is 5.90. The van der Waals surface area contributed by atoms with Crippen LogP contribution in [0.4, 0.5) is 0 Å². The lowest BCUT2D eigenvalue weighted by atomic mass is 10.1. The van der Waals surface area contributed by atoms with E-state index in [0.29, 0.717) is 23.9 Å². The Morgan fingerprint density at radius 1 is 1.00 bits per heavy atom. The summed E-state index contributed by atoms with van der Waals surface area (Å²) < 4.78 is 10.3. The summed E-state index contributed by atoms with van der Waals surface area (Å²) in [6, 6.07) is 17.4. The molecule has 1 amide bonds. The van der Waals surface area contributed by atoms with Crippen LogP contribution in [0.25, 0.3) is 11.0 Å². The van der Waals surface area contributed by atoms with E-state index in [1.807, 2.05) is 30.3 Å². The smallest absolute Gasteiger partial charge is 0.374 e. The Hall–Kier alpha value is -3.41. The Morgan fingerprint density at radius 3 is 2.54 bits per heavy atom. The highest BCUT2D eigenvalue weighted by Gasteiger charge is 2.15. The normalized spacial score (nSPS) is 10.5. The van der Waals surface area contributed by atoms with E-state index in [9.17, 15) is 14.4 Å². The molecule has 1 heterocycles. The molecule has 0 fully saturated rings. The summed E-state index contributed by atoms with van der Waals surface area (Å²) in [7, 11) is 0. The van der Waals surface area contributed by atoms with Gasteiger partial charge in [-0.25, -0.2) is 4.79 Å². The number of hydrogen-bond donors (Lipinski definition) is 1. The van der Waals surface area contributed by atoms with Crippen LogP contribution in [0.1, 0.15) is 16.1 Å². The third kappa shape index (κ3) is 4.36. The molecule has 0 aliphatic carbocycles. The molecule has 1 N–H and O–H groups in total. The molecule has 0 radical (unpaired) electrons. The van der Waals surface area contributed by atoms with Gasteiger partial charge in [-0.05, 0) is 24.1 Å². The molecule has 6 heteroatoms. The Bertz CT molecular complexity index is 978. The van der Waals surface area contributed by atoms with Gasteiger partial charge >= 0.3 is 5.97 Å². The third-order valence-electron chi connectivity index (χ3n) is 3.75. The minimum atomic E-state index is -0.855. The molecule has 0 saturated carbocycles. The van der Waals surface area contributed by atoms with Gasteiger partial charge in [-0.3, -0.25) is 9.59 Å². The fraction of sp³-hybridized carbons (Fsp3) is 0.150. The number of carbonyl (C=O) groups is 2. The number of hydrogen-bond acceptors (Lipinski definition) is 5. The molecule has 1 aromatic heterocycles. The number of carbonyl (C=O) groups excluding carboxylic acids is 2. The van der Waals surface area contributed by atoms with Crippen LogP contribution < -0.4 is 10.7 Å². The van der Waals surface area contributed by atoms with E-state index >= 15 is 0 Å². The predicted octanol–water partition coefficient (Wildman–Crippen LogP) is 2.31. The molecule has 26 heavy (non-hydrogen) atoms. The van der Waals surface area contributed by atoms with Gasteiger partial charge in [0.05, 0.1) is 5.39 Å². The molecule has 0 atom stereocenters. The second kappa shape index (κ2) is 8.11. The summed E-state index contributed by atoms with van der Waals surface area (Å²) in [4.78, 5) is 35.7. The fourth-order valence-electron chi connectivity index (χ4n) is 2.45. The summed E-state index contributed by atoms with van der Waals surface area (Å²) in [6.45, 7) is -0.00435. The van der Waals surface area contributed by atoms with E-state index in [1.165, 1.54) is 0 Å². The average molecular weight is 351 g/mol. The number of benzene rings is 2. The largest absolute Gasteiger partial charge is 0.450 e. The Morgan fingerprint density at radius 2 is 1.73 bits per heavy atom. The van der Waals surface area contributed by atoms with Crippen molar-refractivity contribution in [2.75, 3.05) is 13.2 Å². The second-order valence-corrected chi connectivity index (χ2v) is 5.63. The van der Waals surface area contributed by atoms with Crippen molar-refractivity contribution in [3.05, 3.63) is 82.2 Å². The van der Waals surface area contributed by atoms with E-state index < -0.39 is 18.5 Å². The minimum Gasteiger partial charge on any atom is -0.450 e. The summed E-state index contributed by atoms with van der Waals surface area (Å²) in [6.07, 6.45) is 0.681. The molecular formula is C20H17NO5. The van der Waals surface area contributed by atoms with E-state index in [1.54, 1.807) is 24.3 Å². The van der Waals surface area contributed by atoms with Gasteiger partial charge in [0.2, 0.25) is 5.76 Å². The molecule has 0 unspecified atom stereocenters. The zero-order valence-corrected chi connectivity index (χ0v) is 13.9. The molecule has 6 nitrogen and oxygen atoms in total. The lowest BCUT2D eigenvalue weighted by Gasteiger charge is -2.07. The first kappa shape index (κ1) is 17.4. The van der Waals surface area contributed by atoms with Crippen LogP contribution >= 0.6 is 0 Å². The molecular weight excluding hydrogens is 334 g/mol. The van der Waals surface area contributed by atoms with E-state index in [2.05, 4.69) is 5.32 Å². The lowest BCUT2D eigenvalue weighted by Crippen LogP contribution is -2.30. The third-order valence-corrected chi connectivity index (χ3v) is 3.75. The zero-order chi connectivity index (χ0) is 18.4. The van der Waals surface area contributed by atoms with Gasteiger partial charge in [0.1, 0.15) is 5.58 Å². The first-order chi connectivity index (χ1) is 12.6. The van der Waals surface area contributed by atoms with Crippen molar-refractivity contribution >= 4 is 22.8 Å². The molecule has 0 aliphatic heterocycles. The van der Waals surface area contributed by atoms with Crippen molar-refractivity contribution in [3.63, 3.8) is 0 Å². The number of amides is 1. The number of ether oxygens (including phenoxy) is 1. The zero-order valence-electron chi connectivity index (χ0n) is 13.9. The molecule has 3 rings (SSSR count). The average Bonchev–Trinajstić information content (AvgIpc) is 2.67. The monoisotopic (exact) mass is 351 g/mol. The number of para-hydroxylation sites is 1. The molecule has 3 aromatic rings. The van der Waals surface area contributed by atoms with Crippen LogP contribution in [0, 0.1) is 0 Å². The van der Waals surface area contributed by atoms with Crippen molar-refractivity contribution < 1.29 is 18.7 Å². The fourth-order valence-corrected chi connectivity index (χ4v) is 2.45. The predicted molar refractivity (Wildman–Crippen MR) is 95.9 cm³/mol. The first-order valence-corrected chi connectivity index (χ1v) is 8.14. The van der Waals surface area contributed by atoms with E-state index in [4.69, 9.17) is 9.15 Å². The molecule has 0 saturated heterocycles. The molecule has 2 aromatic carbocycles. The Labute approximate surface area is 149 Å². The van der Waals surface area contributed by atoms with Crippen molar-refractivity contribution in [2.24, 2.45) is 0 Å². The van der Waals surface area contributed by atoms with E-state index in [0.717, 1.165) is 11.6 Å². The maximum absolute atomic E-state index is 12.0. The molecule has 0 bridgehead atoms. The van der Waals surface area contributed by atoms with Gasteiger partial charge in [-0.15, -0.1) is 0 Å². The lowest BCUT2D eigenvalue weighted by molar-refractivity contribution is -0.124. The van der Waals surface area contributed by atoms with Crippen LogP contribution in [-0.2, 0) is 16.0 Å². The number of rotatable bonds is 6. The maximum atomic E-state index is 12.0. The highest BCUT2D eigenvalue weighted by Crippen LogP contribution is 2.12. The summed E-state index contributed by atoms with van der Waals surface area (Å²) >= 11 is 0. The summed E-state index contributed by atoms with van der Waals surface area (Å²) in [5, 5.41) is 3.05. The minimum absolute atomic E-state index is 0.231. The van der Waals surface area contributed by atoms with Crippen LogP contribution in [0.5, 0.6) is 0 Å². The highest BCUT2D eigenvalue weighted by atomic mass is 16.5. The summed E-state index contributed by atoms with van der Waals surface area (Å²) in [5.74, 6) is -1.51. The maximum Gasteiger partial charge on any atom is 0.374 e. The Kier molecular flexibility index (Phi) is 5.43. The summed E-state index contributed by atoms with van der Waals surface area (Å²) in [5.41, 5.74) is 1.05. The van der Waals surface area contributed by atoms with Crippen LogP contribution in [-0.4, -0.2) is 25.0 Å². The van der Waals surface area contributed by atoms with Crippen molar-refractivity contribution in [1.82, 2.24) is 5.32 Å². The number of nitrogens with one attached hydrogen (secondary N) is 1. The first-order valence-electron chi connectivity index (χ1n) is 8.14. The number of fused-ring (bicyclic) bond motifs is 1. The van der Waals surface area contributed by atoms with Crippen LogP contribution in [0.3, 0.4) is 0 Å². The SMILES string of the molecule is O=C(COC(=O)c1cc(=O)c2ccccc2o1)NCCc1ccccc1. The van der Waals surface area contributed by atoms with Crippen LogP contribution in [0.15, 0.2) is 69.9 Å². The molecule has 0 aliphatic rings. The quantitative estimate of drug-likeness (QED) is 0.689. The van der Waals surface area contributed by atoms with Gasteiger partial charge < -0.3 is 14.5 Å². The molecule has 0 spiro atoms. The van der Waals surface area contributed by atoms with Gasteiger partial charge in [0.25, 0.3) is 5.91 Å². The van der Waals surface area contributed by atoms with Gasteiger partial charge in [-0.1, -0.05) is 42.5 Å². The van der Waals surface area contributed by atoms with Gasteiger partial charge in [0.15, 0.2) is 12.0 Å². The standard InChI is InChI=1S/C20H17NO5/c22-16-12-18(26-17-9-5-4-8-15(16)17)20(24)25-13-19(23)21-11-10-14-6-2-1-3-7-14/h1-9,12H,10-11,13H2,(H,21,23). The van der Waals surface area contributed by atoms with E-state index in [-0.39, 0.29) is 11.2 Å². The second-order valence-electron chi connectivity index (χ2n) is 5.63. The van der Waals surface area contributed by atoms with Crippen molar-refractivity contribution in [3.8, 4) is 0 Å². The number of esters is 1. The molecule has 132 valence electrons. The van der Waals surface area contributed by atoms with Crippen molar-refractivity contribution in [1.29, 1.82) is 0 Å². The topological polar surface area (TPSA) is 85.6 Å².